The molecule has 1 aliphatic rings. The van der Waals surface area contributed by atoms with Gasteiger partial charge >= 0.3 is 12.1 Å². The Morgan fingerprint density at radius 3 is 2.30 bits per heavy atom. The second-order valence-corrected chi connectivity index (χ2v) is 7.23. The zero-order chi connectivity index (χ0) is 23.4. The van der Waals surface area contributed by atoms with E-state index in [9.17, 15) is 14.4 Å². The van der Waals surface area contributed by atoms with Crippen LogP contribution in [0.1, 0.15) is 27.5 Å². The molecular weight excluding hydrogens is 432 g/mol. The van der Waals surface area contributed by atoms with E-state index in [1.807, 2.05) is 48.5 Å². The molecule has 1 aliphatic carbocycles. The van der Waals surface area contributed by atoms with Crippen molar-refractivity contribution in [1.29, 1.82) is 0 Å². The molecule has 0 saturated carbocycles. The average Bonchev–Trinajstić information content (AvgIpc) is 3.40. The van der Waals surface area contributed by atoms with Crippen LogP contribution in [0.3, 0.4) is 0 Å². The molecule has 11 nitrogen and oxygen atoms in total. The smallest absolute Gasteiger partial charge is 0.412 e. The highest BCUT2D eigenvalue weighted by Gasteiger charge is 2.30. The first-order chi connectivity index (χ1) is 16.0. The Balaban J connectivity index is 1.41. The van der Waals surface area contributed by atoms with Gasteiger partial charge in [0.15, 0.2) is 6.04 Å². The predicted molar refractivity (Wildman–Crippen MR) is 114 cm³/mol. The van der Waals surface area contributed by atoms with Gasteiger partial charge in [-0.05, 0) is 32.6 Å². The number of methoxy groups -OCH3 is 1. The van der Waals surface area contributed by atoms with Crippen molar-refractivity contribution < 1.29 is 33.6 Å². The van der Waals surface area contributed by atoms with Crippen LogP contribution < -0.4 is 10.6 Å². The Hall–Kier alpha value is -4.25. The molecule has 1 heterocycles. The van der Waals surface area contributed by atoms with Crippen molar-refractivity contribution in [2.45, 2.75) is 12.0 Å². The Morgan fingerprint density at radius 1 is 1.06 bits per heavy atom. The van der Waals surface area contributed by atoms with Gasteiger partial charge in [0.2, 0.25) is 11.5 Å². The molecule has 0 spiro atoms. The first-order valence-corrected chi connectivity index (χ1v) is 9.96. The van der Waals surface area contributed by atoms with E-state index in [1.165, 1.54) is 7.11 Å². The number of carboxylic acid groups (broad SMARTS) is 1. The van der Waals surface area contributed by atoms with Crippen molar-refractivity contribution in [1.82, 2.24) is 15.6 Å². The van der Waals surface area contributed by atoms with Crippen LogP contribution in [0.15, 0.2) is 53.2 Å². The lowest BCUT2D eigenvalue weighted by Crippen LogP contribution is -2.44. The molecule has 0 radical (unpaired) electrons. The highest BCUT2D eigenvalue weighted by Crippen LogP contribution is 2.44. The number of fused-ring (bicyclic) bond motifs is 3. The number of nitrogens with one attached hydrogen (secondary N) is 2. The van der Waals surface area contributed by atoms with E-state index in [0.717, 1.165) is 22.3 Å². The topological polar surface area (TPSA) is 153 Å². The van der Waals surface area contributed by atoms with Gasteiger partial charge in [-0.2, -0.15) is 0 Å². The van der Waals surface area contributed by atoms with E-state index in [1.54, 1.807) is 0 Å². The number of ether oxygens (including phenoxy) is 2. The number of hydrogen-bond acceptors (Lipinski definition) is 8. The van der Waals surface area contributed by atoms with Gasteiger partial charge in [0, 0.05) is 13.0 Å². The van der Waals surface area contributed by atoms with E-state index in [-0.39, 0.29) is 24.9 Å². The number of anilines is 1. The fourth-order valence-corrected chi connectivity index (χ4v) is 3.72. The van der Waals surface area contributed by atoms with Gasteiger partial charge < -0.3 is 19.9 Å². The zero-order valence-electron chi connectivity index (χ0n) is 17.5. The largest absolute Gasteiger partial charge is 0.480 e. The van der Waals surface area contributed by atoms with Crippen LogP contribution in [0.2, 0.25) is 0 Å². The maximum atomic E-state index is 12.4. The van der Waals surface area contributed by atoms with Crippen LogP contribution in [0, 0.1) is 0 Å². The van der Waals surface area contributed by atoms with Crippen molar-refractivity contribution >= 4 is 23.8 Å². The number of aliphatic carboxylic acids is 1. The molecule has 170 valence electrons. The van der Waals surface area contributed by atoms with Crippen molar-refractivity contribution in [3.63, 3.8) is 0 Å². The number of benzene rings is 2. The Kier molecular flexibility index (Phi) is 6.31. The van der Waals surface area contributed by atoms with Gasteiger partial charge in [0.1, 0.15) is 6.61 Å². The van der Waals surface area contributed by atoms with E-state index in [0.29, 0.717) is 0 Å². The monoisotopic (exact) mass is 452 g/mol. The molecule has 1 aromatic heterocycles. The third-order valence-electron chi connectivity index (χ3n) is 5.20. The van der Waals surface area contributed by atoms with Gasteiger partial charge in [0.25, 0.3) is 5.91 Å². The Morgan fingerprint density at radius 2 is 1.70 bits per heavy atom. The molecular formula is C22H20N4O7. The number of amides is 2. The fraction of sp³-hybridized carbons (Fsp3) is 0.227. The maximum absolute atomic E-state index is 12.4. The zero-order valence-corrected chi connectivity index (χ0v) is 17.5. The second kappa shape index (κ2) is 9.49. The SMILES string of the molecule is COCC(NC(=O)c1nonc1NC(=O)OCC1c2ccccc2-c2ccccc21)C(=O)O. The summed E-state index contributed by atoms with van der Waals surface area (Å²) in [5.41, 5.74) is 3.88. The maximum Gasteiger partial charge on any atom is 0.412 e. The summed E-state index contributed by atoms with van der Waals surface area (Å²) in [4.78, 5) is 36.0. The number of carbonyl (C=O) groups is 3. The summed E-state index contributed by atoms with van der Waals surface area (Å²) < 4.78 is 14.7. The Labute approximate surface area is 187 Å². The third-order valence-corrected chi connectivity index (χ3v) is 5.20. The molecule has 0 fully saturated rings. The molecule has 0 aliphatic heterocycles. The lowest BCUT2D eigenvalue weighted by molar-refractivity contribution is -0.140. The highest BCUT2D eigenvalue weighted by atomic mass is 16.6. The molecule has 3 N–H and O–H groups in total. The molecule has 11 heteroatoms. The van der Waals surface area contributed by atoms with Gasteiger partial charge in [-0.3, -0.25) is 10.1 Å². The molecule has 33 heavy (non-hydrogen) atoms. The highest BCUT2D eigenvalue weighted by molar-refractivity contribution is 6.01. The summed E-state index contributed by atoms with van der Waals surface area (Å²) in [6.07, 6.45) is -0.867. The second-order valence-electron chi connectivity index (χ2n) is 7.23. The summed E-state index contributed by atoms with van der Waals surface area (Å²) >= 11 is 0. The lowest BCUT2D eigenvalue weighted by atomic mass is 9.98. The quantitative estimate of drug-likeness (QED) is 0.467. The van der Waals surface area contributed by atoms with Crippen LogP contribution in [-0.2, 0) is 14.3 Å². The van der Waals surface area contributed by atoms with E-state index in [4.69, 9.17) is 14.6 Å². The van der Waals surface area contributed by atoms with Crippen LogP contribution in [0.4, 0.5) is 10.6 Å². The third kappa shape index (κ3) is 4.53. The van der Waals surface area contributed by atoms with E-state index < -0.39 is 29.7 Å². The van der Waals surface area contributed by atoms with Crippen molar-refractivity contribution in [3.8, 4) is 11.1 Å². The van der Waals surface area contributed by atoms with Gasteiger partial charge in [0.05, 0.1) is 6.61 Å². The molecule has 1 atom stereocenters. The number of carbonyl (C=O) groups excluding carboxylic acids is 2. The standard InChI is InChI=1S/C22H20N4O7/c1-31-11-17(21(28)29)23-20(27)18-19(26-33-25-18)24-22(30)32-10-16-14-8-4-2-6-12(14)13-7-3-5-9-15(13)16/h2-9,16-17H,10-11H2,1H3,(H,23,27)(H,28,29)(H,24,26,30). The van der Waals surface area contributed by atoms with Crippen molar-refractivity contribution in [2.24, 2.45) is 0 Å². The number of carboxylic acids is 1. The molecule has 0 saturated heterocycles. The lowest BCUT2D eigenvalue weighted by Gasteiger charge is -2.14. The molecule has 2 aromatic carbocycles. The minimum Gasteiger partial charge on any atom is -0.480 e. The first-order valence-electron chi connectivity index (χ1n) is 9.96. The van der Waals surface area contributed by atoms with Crippen LogP contribution in [0.25, 0.3) is 11.1 Å². The summed E-state index contributed by atoms with van der Waals surface area (Å²) in [7, 11) is 1.30. The predicted octanol–water partition coefficient (Wildman–Crippen LogP) is 2.26. The van der Waals surface area contributed by atoms with Gasteiger partial charge in [-0.25, -0.2) is 14.2 Å². The number of nitrogens with zero attached hydrogens (tertiary/aromatic N) is 2. The minimum absolute atomic E-state index is 0.0571. The van der Waals surface area contributed by atoms with Crippen LogP contribution in [0.5, 0.6) is 0 Å². The van der Waals surface area contributed by atoms with Gasteiger partial charge in [-0.15, -0.1) is 0 Å². The molecule has 0 bridgehead atoms. The van der Waals surface area contributed by atoms with Crippen molar-refractivity contribution in [3.05, 3.63) is 65.4 Å². The van der Waals surface area contributed by atoms with Crippen LogP contribution in [-0.4, -0.2) is 59.8 Å². The summed E-state index contributed by atoms with van der Waals surface area (Å²) in [5, 5.41) is 20.6. The van der Waals surface area contributed by atoms with Gasteiger partial charge in [-0.1, -0.05) is 48.5 Å². The summed E-state index contributed by atoms with van der Waals surface area (Å²) in [6, 6.07) is 14.5. The van der Waals surface area contributed by atoms with Crippen LogP contribution >= 0.6 is 0 Å². The van der Waals surface area contributed by atoms with Crippen molar-refractivity contribution in [2.75, 3.05) is 25.6 Å². The average molecular weight is 452 g/mol. The molecule has 4 rings (SSSR count). The number of hydrogen-bond donors (Lipinski definition) is 3. The molecule has 1 unspecified atom stereocenters. The first kappa shape index (κ1) is 22.0. The molecule has 3 aromatic rings. The summed E-state index contributed by atoms with van der Waals surface area (Å²) in [5.74, 6) is -2.65. The summed E-state index contributed by atoms with van der Waals surface area (Å²) in [6.45, 7) is -0.205. The van der Waals surface area contributed by atoms with E-state index >= 15 is 0 Å². The molecule has 2 amide bonds. The minimum atomic E-state index is -1.32. The normalized spacial score (nSPS) is 13.0. The van der Waals surface area contributed by atoms with E-state index in [2.05, 4.69) is 25.6 Å². The fourth-order valence-electron chi connectivity index (χ4n) is 3.72. The number of rotatable bonds is 8. The Bertz CT molecular complexity index is 1150. The number of aromatic nitrogens is 2.